The molecule has 1 aliphatic rings. The lowest BCUT2D eigenvalue weighted by molar-refractivity contribution is 0.200. The van der Waals surface area contributed by atoms with E-state index in [4.69, 9.17) is 19.7 Å². The maximum absolute atomic E-state index is 9.12. The van der Waals surface area contributed by atoms with Crippen molar-refractivity contribution in [3.63, 3.8) is 0 Å². The Bertz CT molecular complexity index is 747. The summed E-state index contributed by atoms with van der Waals surface area (Å²) in [7, 11) is 0. The molecule has 0 aromatic heterocycles. The van der Waals surface area contributed by atoms with Crippen LogP contribution in [-0.2, 0) is 18.3 Å². The van der Waals surface area contributed by atoms with E-state index in [1.54, 1.807) is 0 Å². The second-order valence-electron chi connectivity index (χ2n) is 8.14. The second kappa shape index (κ2) is 10.8. The van der Waals surface area contributed by atoms with Crippen LogP contribution in [0.25, 0.3) is 0 Å². The largest absolute Gasteiger partial charge is 0.491 e. The van der Waals surface area contributed by atoms with Gasteiger partial charge >= 0.3 is 0 Å². The van der Waals surface area contributed by atoms with Crippen molar-refractivity contribution in [3.05, 3.63) is 58.7 Å². The number of hydrogen-bond donors (Lipinski definition) is 2. The zero-order valence-corrected chi connectivity index (χ0v) is 18.5. The summed E-state index contributed by atoms with van der Waals surface area (Å²) in [6, 6.07) is 13.2. The van der Waals surface area contributed by atoms with Gasteiger partial charge < -0.3 is 19.7 Å². The fourth-order valence-corrected chi connectivity index (χ4v) is 4.80. The fraction of sp³-hybridized carbons (Fsp3) is 0.538. The number of aryl methyl sites for hydroxylation is 2. The van der Waals surface area contributed by atoms with E-state index in [0.717, 1.165) is 37.2 Å². The second-order valence-corrected chi connectivity index (χ2v) is 8.14. The van der Waals surface area contributed by atoms with Gasteiger partial charge in [-0.3, -0.25) is 0 Å². The summed E-state index contributed by atoms with van der Waals surface area (Å²) in [5.74, 6) is 1.76. The van der Waals surface area contributed by atoms with Crippen LogP contribution in [0.2, 0.25) is 0 Å². The van der Waals surface area contributed by atoms with E-state index < -0.39 is 0 Å². The van der Waals surface area contributed by atoms with E-state index in [1.807, 2.05) is 0 Å². The summed E-state index contributed by atoms with van der Waals surface area (Å²) in [5, 5.41) is 18.2. The number of benzene rings is 2. The molecule has 4 heteroatoms. The Balaban J connectivity index is 2.03. The van der Waals surface area contributed by atoms with Crippen molar-refractivity contribution in [3.8, 4) is 11.5 Å². The molecule has 0 unspecified atom stereocenters. The van der Waals surface area contributed by atoms with Gasteiger partial charge in [0.25, 0.3) is 0 Å². The SMILES string of the molecule is CCc1cc(C2(c3ccc(OCCO)c(CC)c3)CCCCC2)ccc1OCCO. The zero-order valence-electron chi connectivity index (χ0n) is 18.5. The maximum Gasteiger partial charge on any atom is 0.122 e. The Morgan fingerprint density at radius 3 is 1.60 bits per heavy atom. The van der Waals surface area contributed by atoms with Gasteiger partial charge in [0.2, 0.25) is 0 Å². The van der Waals surface area contributed by atoms with Crippen LogP contribution in [-0.4, -0.2) is 36.6 Å². The molecule has 0 saturated heterocycles. The Morgan fingerprint density at radius 2 is 1.20 bits per heavy atom. The maximum atomic E-state index is 9.12. The summed E-state index contributed by atoms with van der Waals surface area (Å²) in [5.41, 5.74) is 5.13. The molecule has 0 atom stereocenters. The van der Waals surface area contributed by atoms with Crippen LogP contribution in [0, 0.1) is 0 Å². The molecule has 2 aromatic rings. The first-order valence-corrected chi connectivity index (χ1v) is 11.4. The molecule has 30 heavy (non-hydrogen) atoms. The minimum Gasteiger partial charge on any atom is -0.491 e. The molecule has 1 saturated carbocycles. The highest BCUT2D eigenvalue weighted by atomic mass is 16.5. The molecule has 4 nitrogen and oxygen atoms in total. The Labute approximate surface area is 180 Å². The Hall–Kier alpha value is -2.04. The molecule has 0 spiro atoms. The van der Waals surface area contributed by atoms with Crippen molar-refractivity contribution >= 4 is 0 Å². The minimum atomic E-state index is 0.0110. The highest BCUT2D eigenvalue weighted by molar-refractivity contribution is 5.49. The molecule has 0 radical (unpaired) electrons. The van der Waals surface area contributed by atoms with Crippen molar-refractivity contribution < 1.29 is 19.7 Å². The Kier molecular flexibility index (Phi) is 8.17. The fourth-order valence-electron chi connectivity index (χ4n) is 4.80. The normalized spacial score (nSPS) is 15.7. The van der Waals surface area contributed by atoms with Gasteiger partial charge in [0.15, 0.2) is 0 Å². The highest BCUT2D eigenvalue weighted by Crippen LogP contribution is 2.46. The van der Waals surface area contributed by atoms with Gasteiger partial charge in [0, 0.05) is 5.41 Å². The van der Waals surface area contributed by atoms with Gasteiger partial charge in [0.1, 0.15) is 24.7 Å². The van der Waals surface area contributed by atoms with Crippen molar-refractivity contribution in [2.24, 2.45) is 0 Å². The molecule has 1 fully saturated rings. The smallest absolute Gasteiger partial charge is 0.122 e. The summed E-state index contributed by atoms with van der Waals surface area (Å²) in [6.45, 7) is 5.01. The average Bonchev–Trinajstić information content (AvgIpc) is 2.81. The van der Waals surface area contributed by atoms with E-state index in [9.17, 15) is 0 Å². The third-order valence-corrected chi connectivity index (χ3v) is 6.39. The third kappa shape index (κ3) is 4.81. The van der Waals surface area contributed by atoms with E-state index in [2.05, 4.69) is 50.2 Å². The van der Waals surface area contributed by atoms with Crippen LogP contribution in [0.15, 0.2) is 36.4 Å². The van der Waals surface area contributed by atoms with Crippen molar-refractivity contribution in [2.45, 2.75) is 64.2 Å². The molecule has 0 heterocycles. The minimum absolute atomic E-state index is 0.0110. The first-order chi connectivity index (χ1) is 14.7. The van der Waals surface area contributed by atoms with Crippen molar-refractivity contribution in [2.75, 3.05) is 26.4 Å². The topological polar surface area (TPSA) is 58.9 Å². The zero-order chi connectivity index (χ0) is 21.4. The van der Waals surface area contributed by atoms with E-state index >= 15 is 0 Å². The molecular formula is C26H36O4. The summed E-state index contributed by atoms with van der Waals surface area (Å²) in [6.07, 6.45) is 7.85. The number of aliphatic hydroxyl groups is 2. The lowest BCUT2D eigenvalue weighted by Gasteiger charge is -2.39. The first-order valence-electron chi connectivity index (χ1n) is 11.4. The van der Waals surface area contributed by atoms with Crippen LogP contribution in [0.3, 0.4) is 0 Å². The van der Waals surface area contributed by atoms with Crippen LogP contribution < -0.4 is 9.47 Å². The number of aliphatic hydroxyl groups excluding tert-OH is 2. The average molecular weight is 413 g/mol. The van der Waals surface area contributed by atoms with E-state index in [0.29, 0.717) is 13.2 Å². The number of hydrogen-bond acceptors (Lipinski definition) is 4. The molecule has 2 aromatic carbocycles. The Morgan fingerprint density at radius 1 is 0.733 bits per heavy atom. The van der Waals surface area contributed by atoms with Crippen LogP contribution in [0.1, 0.15) is 68.2 Å². The van der Waals surface area contributed by atoms with Gasteiger partial charge in [-0.2, -0.15) is 0 Å². The van der Waals surface area contributed by atoms with Gasteiger partial charge in [-0.25, -0.2) is 0 Å². The third-order valence-electron chi connectivity index (χ3n) is 6.39. The highest BCUT2D eigenvalue weighted by Gasteiger charge is 2.36. The molecule has 0 aliphatic heterocycles. The summed E-state index contributed by atoms with van der Waals surface area (Å²) >= 11 is 0. The van der Waals surface area contributed by atoms with E-state index in [1.165, 1.54) is 41.5 Å². The molecular weight excluding hydrogens is 376 g/mol. The number of ether oxygens (including phenoxy) is 2. The van der Waals surface area contributed by atoms with Gasteiger partial charge in [-0.15, -0.1) is 0 Å². The van der Waals surface area contributed by atoms with Gasteiger partial charge in [-0.1, -0.05) is 57.4 Å². The monoisotopic (exact) mass is 412 g/mol. The standard InChI is InChI=1S/C26H36O4/c1-3-20-18-22(8-10-24(20)29-16-14-27)26(12-6-5-7-13-26)23-9-11-25(30-17-15-28)21(4-2)19-23/h8-11,18-19,27-28H,3-7,12-17H2,1-2H3. The quantitative estimate of drug-likeness (QED) is 0.588. The van der Waals surface area contributed by atoms with Gasteiger partial charge in [-0.05, 0) is 60.1 Å². The lowest BCUT2D eigenvalue weighted by Crippen LogP contribution is -2.31. The molecule has 2 N–H and O–H groups in total. The molecule has 3 rings (SSSR count). The molecule has 0 bridgehead atoms. The number of rotatable bonds is 10. The van der Waals surface area contributed by atoms with Crippen LogP contribution >= 0.6 is 0 Å². The summed E-state index contributed by atoms with van der Waals surface area (Å²) < 4.78 is 11.5. The van der Waals surface area contributed by atoms with Crippen LogP contribution in [0.5, 0.6) is 11.5 Å². The van der Waals surface area contributed by atoms with E-state index in [-0.39, 0.29) is 18.6 Å². The predicted octanol–water partition coefficient (Wildman–Crippen LogP) is 4.80. The lowest BCUT2D eigenvalue weighted by atomic mass is 9.65. The summed E-state index contributed by atoms with van der Waals surface area (Å²) in [4.78, 5) is 0. The van der Waals surface area contributed by atoms with Crippen LogP contribution in [0.4, 0.5) is 0 Å². The van der Waals surface area contributed by atoms with Crippen molar-refractivity contribution in [1.29, 1.82) is 0 Å². The predicted molar refractivity (Wildman–Crippen MR) is 121 cm³/mol. The molecule has 164 valence electrons. The van der Waals surface area contributed by atoms with Crippen molar-refractivity contribution in [1.82, 2.24) is 0 Å². The first kappa shape index (κ1) is 22.6. The van der Waals surface area contributed by atoms with Gasteiger partial charge in [0.05, 0.1) is 13.2 Å². The molecule has 0 amide bonds. The molecule has 1 aliphatic carbocycles.